The second kappa shape index (κ2) is 5.37. The quantitative estimate of drug-likeness (QED) is 0.926. The monoisotopic (exact) mass is 345 g/mol. The third-order valence-corrected chi connectivity index (χ3v) is 5.75. The minimum Gasteiger partial charge on any atom is -0.368 e. The van der Waals surface area contributed by atoms with Gasteiger partial charge in [0.05, 0.1) is 9.88 Å². The van der Waals surface area contributed by atoms with E-state index in [2.05, 4.69) is 4.98 Å². The lowest BCUT2D eigenvalue weighted by Gasteiger charge is -2.24. The molecule has 2 fully saturated rings. The van der Waals surface area contributed by atoms with Gasteiger partial charge in [0.25, 0.3) is 5.91 Å². The summed E-state index contributed by atoms with van der Waals surface area (Å²) < 4.78 is 13.5. The van der Waals surface area contributed by atoms with Crippen molar-refractivity contribution < 1.29 is 14.0 Å². The van der Waals surface area contributed by atoms with E-state index in [1.165, 1.54) is 23.5 Å². The van der Waals surface area contributed by atoms with Crippen LogP contribution in [0.5, 0.6) is 0 Å². The number of hydrogen-bond donors (Lipinski definition) is 1. The summed E-state index contributed by atoms with van der Waals surface area (Å²) >= 11 is 1.34. The average Bonchev–Trinajstić information content (AvgIpc) is 3.01. The Morgan fingerprint density at radius 3 is 2.92 bits per heavy atom. The van der Waals surface area contributed by atoms with Crippen LogP contribution in [0.2, 0.25) is 0 Å². The second-order valence-corrected chi connectivity index (χ2v) is 7.59. The summed E-state index contributed by atoms with van der Waals surface area (Å²) in [4.78, 5) is 31.3. The van der Waals surface area contributed by atoms with Gasteiger partial charge in [0.15, 0.2) is 0 Å². The zero-order chi connectivity index (χ0) is 17.0. The number of primary amides is 1. The fourth-order valence-corrected chi connectivity index (χ4v) is 4.48. The van der Waals surface area contributed by atoms with Crippen molar-refractivity contribution in [2.45, 2.75) is 19.4 Å². The predicted octanol–water partition coefficient (Wildman–Crippen LogP) is 2.20. The third kappa shape index (κ3) is 2.39. The molecule has 5 nitrogen and oxygen atoms in total. The Kier molecular flexibility index (Phi) is 3.42. The first-order chi connectivity index (χ1) is 11.5. The number of fused-ring (bicyclic) bond motifs is 1. The number of benzene rings is 1. The molecule has 0 unspecified atom stereocenters. The highest BCUT2D eigenvalue weighted by Gasteiger charge is 2.56. The van der Waals surface area contributed by atoms with Gasteiger partial charge in [0.1, 0.15) is 17.6 Å². The van der Waals surface area contributed by atoms with Gasteiger partial charge in [-0.05, 0) is 42.9 Å². The van der Waals surface area contributed by atoms with Crippen LogP contribution in [-0.2, 0) is 4.79 Å². The summed E-state index contributed by atoms with van der Waals surface area (Å²) in [6.07, 6.45) is 0.949. The van der Waals surface area contributed by atoms with Crippen LogP contribution in [0, 0.1) is 24.6 Å². The summed E-state index contributed by atoms with van der Waals surface area (Å²) in [6.45, 7) is 2.34. The van der Waals surface area contributed by atoms with Crippen molar-refractivity contribution in [2.24, 2.45) is 17.6 Å². The molecule has 2 N–H and O–H groups in total. The van der Waals surface area contributed by atoms with E-state index in [0.29, 0.717) is 22.9 Å². The summed E-state index contributed by atoms with van der Waals surface area (Å²) in [6, 6.07) is 5.54. The zero-order valence-electron chi connectivity index (χ0n) is 13.0. The van der Waals surface area contributed by atoms with E-state index < -0.39 is 11.9 Å². The first-order valence-electron chi connectivity index (χ1n) is 7.79. The molecule has 124 valence electrons. The first-order valence-corrected chi connectivity index (χ1v) is 8.61. The minimum absolute atomic E-state index is 0.184. The Balaban J connectivity index is 1.72. The summed E-state index contributed by atoms with van der Waals surface area (Å²) in [7, 11) is 0. The highest BCUT2D eigenvalue weighted by atomic mass is 32.1. The lowest BCUT2D eigenvalue weighted by Crippen LogP contribution is -2.46. The second-order valence-electron chi connectivity index (χ2n) is 6.39. The normalized spacial score (nSPS) is 24.8. The number of hydrogen-bond acceptors (Lipinski definition) is 4. The molecule has 4 rings (SSSR count). The number of amides is 2. The Morgan fingerprint density at radius 1 is 1.42 bits per heavy atom. The number of aryl methyl sites for hydroxylation is 1. The molecule has 3 atom stereocenters. The maximum absolute atomic E-state index is 13.5. The SMILES string of the molecule is Cc1nc(C(=O)N2C[C@@H]3C[C@@H]3[C@H]2C(N)=O)c(-c2cccc(F)c2)s1. The van der Waals surface area contributed by atoms with E-state index in [0.717, 1.165) is 11.4 Å². The van der Waals surface area contributed by atoms with Crippen molar-refractivity contribution in [1.82, 2.24) is 9.88 Å². The fraction of sp³-hybridized carbons (Fsp3) is 0.353. The fourth-order valence-electron chi connectivity index (χ4n) is 3.57. The molecule has 7 heteroatoms. The first kappa shape index (κ1) is 15.3. The molecule has 0 bridgehead atoms. The van der Waals surface area contributed by atoms with E-state index in [1.807, 2.05) is 0 Å². The van der Waals surface area contributed by atoms with Gasteiger partial charge in [-0.25, -0.2) is 9.37 Å². The van der Waals surface area contributed by atoms with Crippen LogP contribution in [-0.4, -0.2) is 34.3 Å². The van der Waals surface area contributed by atoms with Crippen LogP contribution >= 0.6 is 11.3 Å². The zero-order valence-corrected chi connectivity index (χ0v) is 13.8. The van der Waals surface area contributed by atoms with Crippen molar-refractivity contribution >= 4 is 23.2 Å². The van der Waals surface area contributed by atoms with Crippen molar-refractivity contribution in [3.63, 3.8) is 0 Å². The third-order valence-electron chi connectivity index (χ3n) is 4.73. The van der Waals surface area contributed by atoms with E-state index in [1.54, 1.807) is 24.0 Å². The van der Waals surface area contributed by atoms with Gasteiger partial charge in [-0.2, -0.15) is 0 Å². The summed E-state index contributed by atoms with van der Waals surface area (Å²) in [5, 5.41) is 0.720. The van der Waals surface area contributed by atoms with Crippen molar-refractivity contribution in [1.29, 1.82) is 0 Å². The molecule has 1 aromatic heterocycles. The highest BCUT2D eigenvalue weighted by molar-refractivity contribution is 7.15. The largest absolute Gasteiger partial charge is 0.368 e. The molecule has 1 aromatic carbocycles. The van der Waals surface area contributed by atoms with E-state index in [4.69, 9.17) is 5.73 Å². The van der Waals surface area contributed by atoms with Crippen LogP contribution in [0.15, 0.2) is 24.3 Å². The van der Waals surface area contributed by atoms with Crippen LogP contribution < -0.4 is 5.73 Å². The number of aromatic nitrogens is 1. The standard InChI is InChI=1S/C17H16FN3O2S/c1-8-20-13(15(24-8)9-3-2-4-11(18)5-9)17(23)21-7-10-6-12(10)14(21)16(19)22/h2-5,10,12,14H,6-7H2,1H3,(H2,19,22)/t10-,12-,14-/m0/s1. The Labute approximate surface area is 142 Å². The van der Waals surface area contributed by atoms with Gasteiger partial charge < -0.3 is 10.6 Å². The Morgan fingerprint density at radius 2 is 2.21 bits per heavy atom. The molecule has 1 aliphatic carbocycles. The van der Waals surface area contributed by atoms with Gasteiger partial charge in [0.2, 0.25) is 5.91 Å². The number of carbonyl (C=O) groups is 2. The molecule has 2 aliphatic rings. The van der Waals surface area contributed by atoms with Crippen molar-refractivity contribution in [3.8, 4) is 10.4 Å². The van der Waals surface area contributed by atoms with Gasteiger partial charge in [-0.1, -0.05) is 12.1 Å². The van der Waals surface area contributed by atoms with Gasteiger partial charge >= 0.3 is 0 Å². The van der Waals surface area contributed by atoms with Gasteiger partial charge in [0, 0.05) is 6.54 Å². The Hall–Kier alpha value is -2.28. The van der Waals surface area contributed by atoms with Crippen molar-refractivity contribution in [2.75, 3.05) is 6.54 Å². The average molecular weight is 345 g/mol. The highest BCUT2D eigenvalue weighted by Crippen LogP contribution is 2.50. The topological polar surface area (TPSA) is 76.3 Å². The number of nitrogens with two attached hydrogens (primary N) is 1. The number of thiazole rings is 1. The Bertz CT molecular complexity index is 850. The molecule has 2 aromatic rings. The molecular formula is C17H16FN3O2S. The van der Waals surface area contributed by atoms with E-state index >= 15 is 0 Å². The van der Waals surface area contributed by atoms with Crippen LogP contribution in [0.4, 0.5) is 4.39 Å². The lowest BCUT2D eigenvalue weighted by atomic mass is 10.1. The molecule has 1 saturated heterocycles. The number of likely N-dealkylation sites (tertiary alicyclic amines) is 1. The molecule has 1 aliphatic heterocycles. The predicted molar refractivity (Wildman–Crippen MR) is 87.9 cm³/mol. The van der Waals surface area contributed by atoms with Crippen LogP contribution in [0.25, 0.3) is 10.4 Å². The molecule has 0 radical (unpaired) electrons. The lowest BCUT2D eigenvalue weighted by molar-refractivity contribution is -0.122. The number of rotatable bonds is 3. The maximum Gasteiger partial charge on any atom is 0.274 e. The van der Waals surface area contributed by atoms with Gasteiger partial charge in [-0.3, -0.25) is 9.59 Å². The minimum atomic E-state index is -0.551. The van der Waals surface area contributed by atoms with E-state index in [9.17, 15) is 14.0 Å². The molecular weight excluding hydrogens is 329 g/mol. The maximum atomic E-state index is 13.5. The van der Waals surface area contributed by atoms with Gasteiger partial charge in [-0.15, -0.1) is 11.3 Å². The molecule has 24 heavy (non-hydrogen) atoms. The molecule has 1 saturated carbocycles. The molecule has 2 heterocycles. The molecule has 0 spiro atoms. The number of piperidine rings is 1. The molecule has 2 amide bonds. The van der Waals surface area contributed by atoms with Crippen molar-refractivity contribution in [3.05, 3.63) is 40.8 Å². The number of carbonyl (C=O) groups excluding carboxylic acids is 2. The number of nitrogens with zero attached hydrogens (tertiary/aromatic N) is 2. The van der Waals surface area contributed by atoms with Crippen LogP contribution in [0.3, 0.4) is 0 Å². The summed E-state index contributed by atoms with van der Waals surface area (Å²) in [5.74, 6) is -0.579. The van der Waals surface area contributed by atoms with Crippen LogP contribution in [0.1, 0.15) is 21.9 Å². The summed E-state index contributed by atoms with van der Waals surface area (Å²) in [5.41, 5.74) is 6.38. The van der Waals surface area contributed by atoms with E-state index in [-0.39, 0.29) is 23.3 Å². The number of halogens is 1. The smallest absolute Gasteiger partial charge is 0.274 e.